The lowest BCUT2D eigenvalue weighted by atomic mass is 9.81. The van der Waals surface area contributed by atoms with Gasteiger partial charge in [0.05, 0.1) is 6.42 Å². The van der Waals surface area contributed by atoms with Crippen LogP contribution in [-0.4, -0.2) is 16.9 Å². The van der Waals surface area contributed by atoms with Gasteiger partial charge in [0.25, 0.3) is 0 Å². The van der Waals surface area contributed by atoms with Gasteiger partial charge in [-0.05, 0) is 36.0 Å². The van der Waals surface area contributed by atoms with E-state index in [-0.39, 0.29) is 12.2 Å². The molecule has 1 aromatic rings. The highest BCUT2D eigenvalue weighted by Crippen LogP contribution is 2.29. The number of aryl methyl sites for hydroxylation is 1. The van der Waals surface area contributed by atoms with E-state index in [1.165, 1.54) is 0 Å². The van der Waals surface area contributed by atoms with Crippen molar-refractivity contribution in [2.24, 2.45) is 5.92 Å². The average molecular weight is 232 g/mol. The SMILES string of the molecule is Cc1cc(CC(=O)O)cc2c1C(=O)CC(C)C2. The molecule has 0 aliphatic heterocycles. The Hall–Kier alpha value is -1.64. The molecule has 1 N–H and O–H groups in total. The van der Waals surface area contributed by atoms with E-state index >= 15 is 0 Å². The first kappa shape index (κ1) is 11.8. The fourth-order valence-corrected chi connectivity index (χ4v) is 2.64. The lowest BCUT2D eigenvalue weighted by molar-refractivity contribution is -0.136. The van der Waals surface area contributed by atoms with Crippen molar-refractivity contribution in [3.8, 4) is 0 Å². The van der Waals surface area contributed by atoms with Crippen LogP contribution in [0.2, 0.25) is 0 Å². The molecule has 0 heterocycles. The number of fused-ring (bicyclic) bond motifs is 1. The van der Waals surface area contributed by atoms with Crippen LogP contribution in [0.25, 0.3) is 0 Å². The molecule has 0 spiro atoms. The Bertz CT molecular complexity index is 488. The van der Waals surface area contributed by atoms with E-state index in [1.807, 2.05) is 19.1 Å². The van der Waals surface area contributed by atoms with E-state index in [2.05, 4.69) is 6.92 Å². The topological polar surface area (TPSA) is 54.4 Å². The lowest BCUT2D eigenvalue weighted by Gasteiger charge is -2.22. The van der Waals surface area contributed by atoms with Crippen molar-refractivity contribution < 1.29 is 14.7 Å². The third kappa shape index (κ3) is 2.38. The molecular weight excluding hydrogens is 216 g/mol. The Morgan fingerprint density at radius 2 is 2.12 bits per heavy atom. The molecule has 2 rings (SSSR count). The highest BCUT2D eigenvalue weighted by Gasteiger charge is 2.24. The largest absolute Gasteiger partial charge is 0.481 e. The van der Waals surface area contributed by atoms with Crippen molar-refractivity contribution in [3.63, 3.8) is 0 Å². The first-order chi connectivity index (χ1) is 7.97. The third-order valence-corrected chi connectivity index (χ3v) is 3.21. The second-order valence-corrected chi connectivity index (χ2v) is 4.95. The molecule has 17 heavy (non-hydrogen) atoms. The van der Waals surface area contributed by atoms with Crippen molar-refractivity contribution in [2.45, 2.75) is 33.1 Å². The zero-order chi connectivity index (χ0) is 12.6. The van der Waals surface area contributed by atoms with Gasteiger partial charge in [-0.3, -0.25) is 9.59 Å². The molecule has 3 heteroatoms. The second-order valence-electron chi connectivity index (χ2n) is 4.95. The number of benzene rings is 1. The van der Waals surface area contributed by atoms with Gasteiger partial charge in [0.1, 0.15) is 0 Å². The second kappa shape index (κ2) is 4.32. The van der Waals surface area contributed by atoms with Gasteiger partial charge in [-0.25, -0.2) is 0 Å². The molecule has 0 saturated heterocycles. The highest BCUT2D eigenvalue weighted by atomic mass is 16.4. The molecule has 0 bridgehead atoms. The number of carboxylic acids is 1. The van der Waals surface area contributed by atoms with Crippen LogP contribution in [-0.2, 0) is 17.6 Å². The molecular formula is C14H16O3. The van der Waals surface area contributed by atoms with Crippen LogP contribution in [0.5, 0.6) is 0 Å². The number of hydrogen-bond donors (Lipinski definition) is 1. The summed E-state index contributed by atoms with van der Waals surface area (Å²) < 4.78 is 0. The molecule has 0 fully saturated rings. The Kier molecular flexibility index (Phi) is 3.01. The quantitative estimate of drug-likeness (QED) is 0.851. The third-order valence-electron chi connectivity index (χ3n) is 3.21. The van der Waals surface area contributed by atoms with Crippen molar-refractivity contribution in [1.82, 2.24) is 0 Å². The minimum atomic E-state index is -0.834. The van der Waals surface area contributed by atoms with Crippen molar-refractivity contribution in [1.29, 1.82) is 0 Å². The fraction of sp³-hybridized carbons (Fsp3) is 0.429. The summed E-state index contributed by atoms with van der Waals surface area (Å²) in [5, 5.41) is 8.80. The number of carbonyl (C=O) groups is 2. The molecule has 0 aromatic heterocycles. The number of Topliss-reactive ketones (excluding diaryl/α,β-unsaturated/α-hetero) is 1. The number of carboxylic acid groups (broad SMARTS) is 1. The van der Waals surface area contributed by atoms with Crippen LogP contribution in [0.4, 0.5) is 0 Å². The van der Waals surface area contributed by atoms with E-state index in [0.29, 0.717) is 12.3 Å². The molecule has 3 nitrogen and oxygen atoms in total. The number of ketones is 1. The summed E-state index contributed by atoms with van der Waals surface area (Å²) >= 11 is 0. The van der Waals surface area contributed by atoms with Gasteiger partial charge in [-0.1, -0.05) is 19.1 Å². The first-order valence-corrected chi connectivity index (χ1v) is 5.84. The fourth-order valence-electron chi connectivity index (χ4n) is 2.64. The number of carbonyl (C=O) groups excluding carboxylic acids is 1. The summed E-state index contributed by atoms with van der Waals surface area (Å²) in [6.45, 7) is 3.94. The number of aliphatic carboxylic acids is 1. The van der Waals surface area contributed by atoms with Crippen molar-refractivity contribution >= 4 is 11.8 Å². The zero-order valence-corrected chi connectivity index (χ0v) is 10.1. The summed E-state index contributed by atoms with van der Waals surface area (Å²) in [7, 11) is 0. The molecule has 1 aromatic carbocycles. The summed E-state index contributed by atoms with van der Waals surface area (Å²) in [6, 6.07) is 3.70. The molecule has 1 aliphatic carbocycles. The predicted octanol–water partition coefficient (Wildman–Crippen LogP) is 2.39. The van der Waals surface area contributed by atoms with Crippen LogP contribution in [0.3, 0.4) is 0 Å². The Morgan fingerprint density at radius 1 is 1.41 bits per heavy atom. The molecule has 0 amide bonds. The Morgan fingerprint density at radius 3 is 2.76 bits per heavy atom. The van der Waals surface area contributed by atoms with Crippen LogP contribution >= 0.6 is 0 Å². The van der Waals surface area contributed by atoms with E-state index in [9.17, 15) is 9.59 Å². The van der Waals surface area contributed by atoms with Gasteiger partial charge in [0.2, 0.25) is 0 Å². The maximum atomic E-state index is 11.9. The average Bonchev–Trinajstić information content (AvgIpc) is 2.13. The summed E-state index contributed by atoms with van der Waals surface area (Å²) in [4.78, 5) is 22.6. The van der Waals surface area contributed by atoms with Gasteiger partial charge in [-0.15, -0.1) is 0 Å². The van der Waals surface area contributed by atoms with Crippen molar-refractivity contribution in [3.05, 3.63) is 34.4 Å². The minimum Gasteiger partial charge on any atom is -0.481 e. The zero-order valence-electron chi connectivity index (χ0n) is 10.1. The van der Waals surface area contributed by atoms with Gasteiger partial charge >= 0.3 is 5.97 Å². The predicted molar refractivity (Wildman–Crippen MR) is 64.3 cm³/mol. The molecule has 1 unspecified atom stereocenters. The molecule has 90 valence electrons. The van der Waals surface area contributed by atoms with Crippen LogP contribution in [0, 0.1) is 12.8 Å². The van der Waals surface area contributed by atoms with Gasteiger partial charge in [0, 0.05) is 12.0 Å². The molecule has 0 radical (unpaired) electrons. The maximum Gasteiger partial charge on any atom is 0.307 e. The van der Waals surface area contributed by atoms with Crippen LogP contribution in [0.1, 0.15) is 40.4 Å². The van der Waals surface area contributed by atoms with Crippen LogP contribution < -0.4 is 0 Å². The smallest absolute Gasteiger partial charge is 0.307 e. The monoisotopic (exact) mass is 232 g/mol. The normalized spacial score (nSPS) is 18.9. The highest BCUT2D eigenvalue weighted by molar-refractivity contribution is 6.00. The van der Waals surface area contributed by atoms with E-state index in [4.69, 9.17) is 5.11 Å². The van der Waals surface area contributed by atoms with Gasteiger partial charge in [-0.2, -0.15) is 0 Å². The molecule has 1 atom stereocenters. The van der Waals surface area contributed by atoms with E-state index < -0.39 is 5.97 Å². The van der Waals surface area contributed by atoms with Gasteiger partial charge < -0.3 is 5.11 Å². The number of hydrogen-bond acceptors (Lipinski definition) is 2. The number of rotatable bonds is 2. The summed E-state index contributed by atoms with van der Waals surface area (Å²) in [5.41, 5.74) is 3.54. The van der Waals surface area contributed by atoms with E-state index in [1.54, 1.807) is 0 Å². The van der Waals surface area contributed by atoms with Crippen LogP contribution in [0.15, 0.2) is 12.1 Å². The summed E-state index contributed by atoms with van der Waals surface area (Å²) in [5.74, 6) is -0.285. The molecule has 0 saturated carbocycles. The van der Waals surface area contributed by atoms with E-state index in [0.717, 1.165) is 28.7 Å². The maximum absolute atomic E-state index is 11.9. The molecule has 1 aliphatic rings. The summed E-state index contributed by atoms with van der Waals surface area (Å²) in [6.07, 6.45) is 1.50. The minimum absolute atomic E-state index is 0.0245. The van der Waals surface area contributed by atoms with Crippen molar-refractivity contribution in [2.75, 3.05) is 0 Å². The first-order valence-electron chi connectivity index (χ1n) is 5.84. The van der Waals surface area contributed by atoms with Gasteiger partial charge in [0.15, 0.2) is 5.78 Å². The Balaban J connectivity index is 2.45. The lowest BCUT2D eigenvalue weighted by Crippen LogP contribution is -2.20. The Labute approximate surface area is 100 Å². The standard InChI is InChI=1S/C14H16O3/c1-8-3-11-6-10(7-13(16)17)5-9(2)14(11)12(15)4-8/h5-6,8H,3-4,7H2,1-2H3,(H,16,17).